The Hall–Kier alpha value is -1.09. The summed E-state index contributed by atoms with van der Waals surface area (Å²) in [5, 5.41) is 3.49. The third kappa shape index (κ3) is 3.19. The van der Waals surface area contributed by atoms with E-state index < -0.39 is 0 Å². The number of aromatic nitrogens is 1. The van der Waals surface area contributed by atoms with Crippen molar-refractivity contribution in [1.82, 2.24) is 10.3 Å². The molecule has 1 heterocycles. The van der Waals surface area contributed by atoms with Crippen LogP contribution in [0.5, 0.6) is 0 Å². The lowest BCUT2D eigenvalue weighted by Gasteiger charge is -2.29. The van der Waals surface area contributed by atoms with Gasteiger partial charge in [0, 0.05) is 12.2 Å². The van der Waals surface area contributed by atoms with Crippen LogP contribution in [0.1, 0.15) is 43.0 Å². The maximum Gasteiger partial charge on any atom is 0.253 e. The number of carbonyl (C=O) groups excluding carboxylic acids is 1. The number of hydrogen-bond donors (Lipinski definition) is 1. The van der Waals surface area contributed by atoms with E-state index in [0.29, 0.717) is 22.7 Å². The van der Waals surface area contributed by atoms with Crippen LogP contribution in [0.2, 0.25) is 5.15 Å². The van der Waals surface area contributed by atoms with Crippen molar-refractivity contribution in [2.75, 3.05) is 0 Å². The number of pyridine rings is 1. The molecule has 0 aromatic carbocycles. The van der Waals surface area contributed by atoms with E-state index in [1.165, 1.54) is 25.5 Å². The fourth-order valence-electron chi connectivity index (χ4n) is 2.29. The van der Waals surface area contributed by atoms with Crippen LogP contribution in [0.3, 0.4) is 0 Å². The standard InChI is InChI=1S/C13H17ClN2O/c1-9-4-2-3-5-11(9)16-13(17)10-6-7-12(14)15-8-10/h6-9,11H,2-5H2,1H3,(H,16,17). The molecule has 0 spiro atoms. The Kier molecular flexibility index (Phi) is 4.00. The molecule has 1 aromatic heterocycles. The highest BCUT2D eigenvalue weighted by Crippen LogP contribution is 2.23. The van der Waals surface area contributed by atoms with Gasteiger partial charge in [-0.05, 0) is 30.9 Å². The average Bonchev–Trinajstić information content (AvgIpc) is 2.33. The quantitative estimate of drug-likeness (QED) is 0.822. The molecular weight excluding hydrogens is 236 g/mol. The Morgan fingerprint density at radius 3 is 2.82 bits per heavy atom. The third-order valence-electron chi connectivity index (χ3n) is 3.42. The summed E-state index contributed by atoms with van der Waals surface area (Å²) < 4.78 is 0. The first kappa shape index (κ1) is 12.4. The highest BCUT2D eigenvalue weighted by molar-refractivity contribution is 6.29. The molecule has 1 aromatic rings. The fourth-order valence-corrected chi connectivity index (χ4v) is 2.40. The van der Waals surface area contributed by atoms with Crippen LogP contribution in [0, 0.1) is 5.92 Å². The summed E-state index contributed by atoms with van der Waals surface area (Å²) in [7, 11) is 0. The van der Waals surface area contributed by atoms with Crippen molar-refractivity contribution in [2.24, 2.45) is 5.92 Å². The predicted molar refractivity (Wildman–Crippen MR) is 68.1 cm³/mol. The van der Waals surface area contributed by atoms with Gasteiger partial charge in [-0.2, -0.15) is 0 Å². The second-order valence-electron chi connectivity index (χ2n) is 4.71. The lowest BCUT2D eigenvalue weighted by Crippen LogP contribution is -2.41. The van der Waals surface area contributed by atoms with Crippen LogP contribution in [0.25, 0.3) is 0 Å². The van der Waals surface area contributed by atoms with Crippen LogP contribution in [-0.4, -0.2) is 16.9 Å². The van der Waals surface area contributed by atoms with E-state index in [9.17, 15) is 4.79 Å². The van der Waals surface area contributed by atoms with Crippen molar-refractivity contribution in [2.45, 2.75) is 38.6 Å². The zero-order chi connectivity index (χ0) is 12.3. The number of carbonyl (C=O) groups is 1. The molecule has 1 aliphatic carbocycles. The maximum atomic E-state index is 12.0. The van der Waals surface area contributed by atoms with Gasteiger partial charge in [-0.3, -0.25) is 4.79 Å². The molecule has 1 amide bonds. The van der Waals surface area contributed by atoms with Crippen molar-refractivity contribution >= 4 is 17.5 Å². The van der Waals surface area contributed by atoms with Gasteiger partial charge in [-0.25, -0.2) is 4.98 Å². The maximum absolute atomic E-state index is 12.0. The summed E-state index contributed by atoms with van der Waals surface area (Å²) in [6.07, 6.45) is 6.27. The Morgan fingerprint density at radius 2 is 2.18 bits per heavy atom. The van der Waals surface area contributed by atoms with Crippen molar-refractivity contribution in [3.8, 4) is 0 Å². The van der Waals surface area contributed by atoms with Gasteiger partial charge in [0.05, 0.1) is 5.56 Å². The molecule has 1 fully saturated rings. The van der Waals surface area contributed by atoms with E-state index in [-0.39, 0.29) is 5.91 Å². The largest absolute Gasteiger partial charge is 0.349 e. The molecule has 0 bridgehead atoms. The molecule has 1 aliphatic rings. The molecule has 1 saturated carbocycles. The second-order valence-corrected chi connectivity index (χ2v) is 5.10. The molecule has 3 nitrogen and oxygen atoms in total. The van der Waals surface area contributed by atoms with Gasteiger partial charge in [-0.15, -0.1) is 0 Å². The van der Waals surface area contributed by atoms with Crippen LogP contribution < -0.4 is 5.32 Å². The molecule has 0 aliphatic heterocycles. The Labute approximate surface area is 107 Å². The van der Waals surface area contributed by atoms with E-state index in [2.05, 4.69) is 17.2 Å². The number of nitrogens with zero attached hydrogens (tertiary/aromatic N) is 1. The second kappa shape index (κ2) is 5.50. The van der Waals surface area contributed by atoms with E-state index in [4.69, 9.17) is 11.6 Å². The molecule has 2 rings (SSSR count). The van der Waals surface area contributed by atoms with E-state index in [1.54, 1.807) is 12.1 Å². The van der Waals surface area contributed by atoms with Crippen LogP contribution in [-0.2, 0) is 0 Å². The molecule has 2 unspecified atom stereocenters. The molecule has 92 valence electrons. The zero-order valence-corrected chi connectivity index (χ0v) is 10.7. The summed E-state index contributed by atoms with van der Waals surface area (Å²) in [5.41, 5.74) is 0.576. The molecular formula is C13H17ClN2O. The summed E-state index contributed by atoms with van der Waals surface area (Å²) >= 11 is 5.69. The summed E-state index contributed by atoms with van der Waals surface area (Å²) in [6, 6.07) is 3.64. The molecule has 0 radical (unpaired) electrons. The van der Waals surface area contributed by atoms with Crippen LogP contribution in [0.4, 0.5) is 0 Å². The Morgan fingerprint density at radius 1 is 1.41 bits per heavy atom. The highest BCUT2D eigenvalue weighted by Gasteiger charge is 2.23. The minimum Gasteiger partial charge on any atom is -0.349 e. The minimum absolute atomic E-state index is 0.0482. The topological polar surface area (TPSA) is 42.0 Å². The summed E-state index contributed by atoms with van der Waals surface area (Å²) in [6.45, 7) is 2.20. The molecule has 2 atom stereocenters. The van der Waals surface area contributed by atoms with Crippen LogP contribution >= 0.6 is 11.6 Å². The number of hydrogen-bond acceptors (Lipinski definition) is 2. The number of halogens is 1. The normalized spacial score (nSPS) is 24.4. The van der Waals surface area contributed by atoms with Crippen molar-refractivity contribution in [1.29, 1.82) is 0 Å². The summed E-state index contributed by atoms with van der Waals surface area (Å²) in [4.78, 5) is 15.9. The van der Waals surface area contributed by atoms with Gasteiger partial charge in [0.25, 0.3) is 5.91 Å². The number of amides is 1. The van der Waals surface area contributed by atoms with E-state index in [1.807, 2.05) is 0 Å². The molecule has 4 heteroatoms. The molecule has 1 N–H and O–H groups in total. The predicted octanol–water partition coefficient (Wildman–Crippen LogP) is 3.04. The van der Waals surface area contributed by atoms with Gasteiger partial charge in [-0.1, -0.05) is 31.4 Å². The minimum atomic E-state index is -0.0482. The highest BCUT2D eigenvalue weighted by atomic mass is 35.5. The van der Waals surface area contributed by atoms with Crippen LogP contribution in [0.15, 0.2) is 18.3 Å². The van der Waals surface area contributed by atoms with Gasteiger partial charge >= 0.3 is 0 Å². The number of nitrogens with one attached hydrogen (secondary N) is 1. The van der Waals surface area contributed by atoms with E-state index >= 15 is 0 Å². The van der Waals surface area contributed by atoms with Gasteiger partial charge < -0.3 is 5.32 Å². The van der Waals surface area contributed by atoms with E-state index in [0.717, 1.165) is 6.42 Å². The van der Waals surface area contributed by atoms with Gasteiger partial charge in [0.2, 0.25) is 0 Å². The average molecular weight is 253 g/mol. The lowest BCUT2D eigenvalue weighted by atomic mass is 9.86. The molecule has 0 saturated heterocycles. The first-order valence-corrected chi connectivity index (χ1v) is 6.47. The zero-order valence-electron chi connectivity index (χ0n) is 9.95. The number of rotatable bonds is 2. The SMILES string of the molecule is CC1CCCCC1NC(=O)c1ccc(Cl)nc1. The third-order valence-corrected chi connectivity index (χ3v) is 3.64. The van der Waals surface area contributed by atoms with Gasteiger partial charge in [0.1, 0.15) is 5.15 Å². The lowest BCUT2D eigenvalue weighted by molar-refractivity contribution is 0.0910. The monoisotopic (exact) mass is 252 g/mol. The first-order valence-electron chi connectivity index (χ1n) is 6.09. The summed E-state index contributed by atoms with van der Waals surface area (Å²) in [5.74, 6) is 0.515. The Balaban J connectivity index is 1.98. The smallest absolute Gasteiger partial charge is 0.253 e. The van der Waals surface area contributed by atoms with Crippen molar-refractivity contribution < 1.29 is 4.79 Å². The molecule has 17 heavy (non-hydrogen) atoms. The fraction of sp³-hybridized carbons (Fsp3) is 0.538. The van der Waals surface area contributed by atoms with Gasteiger partial charge in [0.15, 0.2) is 0 Å². The first-order chi connectivity index (χ1) is 8.16. The van der Waals surface area contributed by atoms with Crippen molar-refractivity contribution in [3.05, 3.63) is 29.0 Å². The van der Waals surface area contributed by atoms with Crippen molar-refractivity contribution in [3.63, 3.8) is 0 Å². The Bertz CT molecular complexity index is 391.